The minimum absolute atomic E-state index is 0.00625. The molecule has 0 bridgehead atoms. The Morgan fingerprint density at radius 2 is 2.00 bits per heavy atom. The Kier molecular flexibility index (Phi) is 6.32. The lowest BCUT2D eigenvalue weighted by Crippen LogP contribution is -2.49. The summed E-state index contributed by atoms with van der Waals surface area (Å²) in [6.07, 6.45) is 0. The Balaban J connectivity index is 1.98. The normalized spacial score (nSPS) is 17.2. The van der Waals surface area contributed by atoms with Gasteiger partial charge in [0.05, 0.1) is 6.67 Å². The minimum Gasteiger partial charge on any atom is -0.391 e. The zero-order valence-electron chi connectivity index (χ0n) is 19.6. The number of pyridine rings is 1. The van der Waals surface area contributed by atoms with Crippen LogP contribution in [-0.2, 0) is 10.0 Å². The van der Waals surface area contributed by atoms with E-state index in [4.69, 9.17) is 16.0 Å². The number of ketones is 1. The van der Waals surface area contributed by atoms with E-state index in [0.717, 1.165) is 9.87 Å². The highest BCUT2D eigenvalue weighted by atomic mass is 35.5. The van der Waals surface area contributed by atoms with Crippen molar-refractivity contribution in [2.45, 2.75) is 44.6 Å². The summed E-state index contributed by atoms with van der Waals surface area (Å²) in [5, 5.41) is 5.99. The number of aryl methyl sites for hydroxylation is 1. The number of carbonyl (C=O) groups excluding carboxylic acids is 1. The van der Waals surface area contributed by atoms with E-state index in [1.165, 1.54) is 24.0 Å². The molecule has 0 aliphatic carbocycles. The van der Waals surface area contributed by atoms with Gasteiger partial charge in [-0.05, 0) is 49.6 Å². The van der Waals surface area contributed by atoms with Gasteiger partial charge in [0.2, 0.25) is 15.9 Å². The van der Waals surface area contributed by atoms with Crippen LogP contribution in [0.2, 0.25) is 5.15 Å². The largest absolute Gasteiger partial charge is 0.434 e. The van der Waals surface area contributed by atoms with Gasteiger partial charge in [0.25, 0.3) is 0 Å². The van der Waals surface area contributed by atoms with Crippen LogP contribution in [0.25, 0.3) is 0 Å². The summed E-state index contributed by atoms with van der Waals surface area (Å²) in [5.74, 6) is -3.03. The highest BCUT2D eigenvalue weighted by molar-refractivity contribution is 7.89. The van der Waals surface area contributed by atoms with Crippen LogP contribution in [0.3, 0.4) is 0 Å². The van der Waals surface area contributed by atoms with E-state index in [1.54, 1.807) is 27.0 Å². The number of nitrogens with zero attached hydrogens (tertiary/aromatic N) is 4. The number of rotatable bonds is 5. The number of aromatic amines is 1. The maximum atomic E-state index is 15.1. The van der Waals surface area contributed by atoms with Crippen molar-refractivity contribution in [1.29, 1.82) is 0 Å². The Labute approximate surface area is 205 Å². The van der Waals surface area contributed by atoms with Crippen molar-refractivity contribution in [2.24, 2.45) is 0 Å². The first-order valence-corrected chi connectivity index (χ1v) is 12.4. The fraction of sp³-hybridized carbons (Fsp3) is 0.364. The number of benzene rings is 1. The molecule has 0 saturated carbocycles. The maximum Gasteiger partial charge on any atom is 0.434 e. The molecular formula is C22H23ClFN5O5S. The summed E-state index contributed by atoms with van der Waals surface area (Å²) in [4.78, 5) is 29.5. The van der Waals surface area contributed by atoms with Crippen LogP contribution in [0.5, 0.6) is 0 Å². The molecule has 0 amide bonds. The Hall–Kier alpha value is -3.09. The molecule has 0 fully saturated rings. The molecule has 186 valence electrons. The number of hydrogen-bond donors (Lipinski definition) is 1. The van der Waals surface area contributed by atoms with Gasteiger partial charge >= 0.3 is 5.76 Å². The summed E-state index contributed by atoms with van der Waals surface area (Å²) in [6.45, 7) is 6.14. The molecule has 3 heterocycles. The fourth-order valence-electron chi connectivity index (χ4n) is 4.45. The number of fused-ring (bicyclic) bond motifs is 1. The number of sulfonamides is 1. The molecule has 1 N–H and O–H groups in total. The monoisotopic (exact) mass is 523 g/mol. The predicted molar refractivity (Wildman–Crippen MR) is 126 cm³/mol. The summed E-state index contributed by atoms with van der Waals surface area (Å²) in [6, 6.07) is 2.88. The van der Waals surface area contributed by atoms with Crippen molar-refractivity contribution in [3.63, 3.8) is 0 Å². The van der Waals surface area contributed by atoms with Crippen LogP contribution < -0.4 is 10.7 Å². The van der Waals surface area contributed by atoms with Crippen molar-refractivity contribution in [2.75, 3.05) is 18.6 Å². The third-order valence-electron chi connectivity index (χ3n) is 6.26. The quantitative estimate of drug-likeness (QED) is 0.398. The first kappa shape index (κ1) is 25.0. The van der Waals surface area contributed by atoms with Crippen LogP contribution >= 0.6 is 11.6 Å². The van der Waals surface area contributed by atoms with E-state index in [0.29, 0.717) is 5.56 Å². The Bertz CT molecular complexity index is 1500. The van der Waals surface area contributed by atoms with Gasteiger partial charge in [-0.25, -0.2) is 27.7 Å². The van der Waals surface area contributed by atoms with E-state index in [1.807, 2.05) is 6.92 Å². The van der Waals surface area contributed by atoms with Crippen molar-refractivity contribution in [1.82, 2.24) is 19.5 Å². The van der Waals surface area contributed by atoms with Crippen LogP contribution in [0.15, 0.2) is 32.3 Å². The number of H-pyrrole nitrogens is 1. The van der Waals surface area contributed by atoms with Gasteiger partial charge in [-0.15, -0.1) is 5.10 Å². The van der Waals surface area contributed by atoms with E-state index >= 15 is 4.39 Å². The molecule has 1 aliphatic rings. The third kappa shape index (κ3) is 4.15. The first-order valence-electron chi connectivity index (χ1n) is 10.6. The Morgan fingerprint density at radius 1 is 1.31 bits per heavy atom. The van der Waals surface area contributed by atoms with Crippen LogP contribution in [0.1, 0.15) is 58.7 Å². The molecule has 2 aromatic heterocycles. The number of anilines is 1. The predicted octanol–water partition coefficient (Wildman–Crippen LogP) is 3.31. The molecule has 13 heteroatoms. The van der Waals surface area contributed by atoms with Gasteiger partial charge in [-0.3, -0.25) is 4.79 Å². The molecule has 0 radical (unpaired) electrons. The van der Waals surface area contributed by atoms with Gasteiger partial charge in [0.15, 0.2) is 11.6 Å². The standard InChI is InChI=1S/C22H23ClFN5O5S/c1-10-6-7-15(24)17(11(10)2)12(3)18(21-26-27-22(31)34-21)29-9-28(5)20-19(35(29,32)33)14(13(4)30)8-16(23)25-20/h6-8,12,18H,9H2,1-5H3,(H,27,31)/t12-,18+/m1/s1. The van der Waals surface area contributed by atoms with E-state index in [2.05, 4.69) is 15.2 Å². The van der Waals surface area contributed by atoms with Gasteiger partial charge in [-0.1, -0.05) is 24.6 Å². The molecule has 0 spiro atoms. The second-order valence-electron chi connectivity index (χ2n) is 8.52. The van der Waals surface area contributed by atoms with Crippen LogP contribution in [-0.4, -0.2) is 47.4 Å². The molecule has 0 unspecified atom stereocenters. The van der Waals surface area contributed by atoms with E-state index < -0.39 is 39.3 Å². The van der Waals surface area contributed by atoms with Gasteiger partial charge in [0.1, 0.15) is 21.9 Å². The smallest absolute Gasteiger partial charge is 0.391 e. The molecule has 2 atom stereocenters. The molecule has 4 rings (SSSR count). The Morgan fingerprint density at radius 3 is 2.60 bits per heavy atom. The molecule has 10 nitrogen and oxygen atoms in total. The van der Waals surface area contributed by atoms with Crippen LogP contribution in [0, 0.1) is 19.7 Å². The van der Waals surface area contributed by atoms with E-state index in [-0.39, 0.29) is 39.6 Å². The second kappa shape index (κ2) is 8.85. The van der Waals surface area contributed by atoms with Crippen molar-refractivity contribution in [3.05, 3.63) is 67.9 Å². The number of halogens is 2. The van der Waals surface area contributed by atoms with Gasteiger partial charge in [-0.2, -0.15) is 4.31 Å². The molecule has 0 saturated heterocycles. The highest BCUT2D eigenvalue weighted by Gasteiger charge is 2.47. The zero-order chi connectivity index (χ0) is 25.8. The lowest BCUT2D eigenvalue weighted by atomic mass is 9.87. The minimum atomic E-state index is -4.42. The summed E-state index contributed by atoms with van der Waals surface area (Å²) in [5.41, 5.74) is 1.55. The topological polar surface area (TPSA) is 129 Å². The molecule has 35 heavy (non-hydrogen) atoms. The maximum absolute atomic E-state index is 15.1. The second-order valence-corrected chi connectivity index (χ2v) is 10.7. The first-order chi connectivity index (χ1) is 16.3. The SMILES string of the molecule is CC(=O)c1cc(Cl)nc2c1S(=O)(=O)N([C@H](c1n[nH]c(=O)o1)[C@H](C)c1c(F)ccc(C)c1C)CN2C. The number of aromatic nitrogens is 3. The molecule has 1 aromatic carbocycles. The number of hydrogen-bond acceptors (Lipinski definition) is 8. The molecule has 1 aliphatic heterocycles. The molecule has 3 aromatic rings. The average Bonchev–Trinajstić information content (AvgIpc) is 3.20. The summed E-state index contributed by atoms with van der Waals surface area (Å²) in [7, 11) is -2.85. The van der Waals surface area contributed by atoms with Crippen molar-refractivity contribution in [3.8, 4) is 0 Å². The average molecular weight is 524 g/mol. The zero-order valence-corrected chi connectivity index (χ0v) is 21.2. The third-order valence-corrected chi connectivity index (χ3v) is 8.33. The summed E-state index contributed by atoms with van der Waals surface area (Å²) >= 11 is 6.06. The number of carbonyl (C=O) groups is 1. The van der Waals surface area contributed by atoms with Crippen molar-refractivity contribution >= 4 is 33.2 Å². The highest BCUT2D eigenvalue weighted by Crippen LogP contribution is 2.44. The number of nitrogens with one attached hydrogen (secondary N) is 1. The lowest BCUT2D eigenvalue weighted by molar-refractivity contribution is 0.101. The lowest BCUT2D eigenvalue weighted by Gasteiger charge is -2.40. The fourth-order valence-corrected chi connectivity index (χ4v) is 6.68. The van der Waals surface area contributed by atoms with E-state index in [9.17, 15) is 18.0 Å². The van der Waals surface area contributed by atoms with Gasteiger partial charge < -0.3 is 9.32 Å². The van der Waals surface area contributed by atoms with Gasteiger partial charge in [0, 0.05) is 18.5 Å². The van der Waals surface area contributed by atoms with Crippen molar-refractivity contribution < 1.29 is 22.0 Å². The summed E-state index contributed by atoms with van der Waals surface area (Å²) < 4.78 is 49.3. The number of Topliss-reactive ketones (excluding diaryl/α,β-unsaturated/α-hetero) is 1. The molecular weight excluding hydrogens is 501 g/mol. The van der Waals surface area contributed by atoms with Crippen LogP contribution in [0.4, 0.5) is 10.2 Å².